The summed E-state index contributed by atoms with van der Waals surface area (Å²) in [7, 11) is 0. The molecule has 2 N–H and O–H groups in total. The van der Waals surface area contributed by atoms with E-state index in [1.807, 2.05) is 0 Å². The molecule has 0 bridgehead atoms. The second-order valence-corrected chi connectivity index (χ2v) is 5.38. The fourth-order valence-electron chi connectivity index (χ4n) is 1.66. The molecule has 1 aromatic carbocycles. The maximum atomic E-state index is 12.7. The molecular formula is C13H15ClF3N3O3. The van der Waals surface area contributed by atoms with Gasteiger partial charge in [-0.3, -0.25) is 14.9 Å². The van der Waals surface area contributed by atoms with E-state index in [0.717, 1.165) is 6.07 Å². The summed E-state index contributed by atoms with van der Waals surface area (Å²) >= 11 is 5.54. The molecule has 10 heteroatoms. The van der Waals surface area contributed by atoms with Crippen LogP contribution >= 0.6 is 11.6 Å². The second-order valence-electron chi connectivity index (χ2n) is 4.98. The lowest BCUT2D eigenvalue weighted by atomic mass is 10.1. The zero-order chi connectivity index (χ0) is 17.8. The molecule has 1 rings (SSSR count). The van der Waals surface area contributed by atoms with E-state index in [-0.39, 0.29) is 30.6 Å². The number of anilines is 1. The number of amides is 1. The quantitative estimate of drug-likeness (QED) is 0.466. The Bertz CT molecular complexity index is 606. The Labute approximate surface area is 135 Å². The number of hydrogen-bond donors (Lipinski definition) is 2. The van der Waals surface area contributed by atoms with Gasteiger partial charge in [-0.05, 0) is 6.07 Å². The molecule has 0 aliphatic heterocycles. The van der Waals surface area contributed by atoms with Gasteiger partial charge in [0.25, 0.3) is 5.69 Å². The Morgan fingerprint density at radius 2 is 1.96 bits per heavy atom. The van der Waals surface area contributed by atoms with E-state index in [1.165, 1.54) is 0 Å². The lowest BCUT2D eigenvalue weighted by Gasteiger charge is -2.13. The smallest absolute Gasteiger partial charge is 0.378 e. The van der Waals surface area contributed by atoms with Crippen LogP contribution in [-0.4, -0.2) is 23.9 Å². The normalized spacial score (nSPS) is 11.4. The lowest BCUT2D eigenvalue weighted by Crippen LogP contribution is -2.31. The van der Waals surface area contributed by atoms with Gasteiger partial charge in [-0.15, -0.1) is 0 Å². The van der Waals surface area contributed by atoms with Crippen molar-refractivity contribution < 1.29 is 22.9 Å². The van der Waals surface area contributed by atoms with Crippen LogP contribution in [-0.2, 0) is 11.0 Å². The molecule has 0 atom stereocenters. The highest BCUT2D eigenvalue weighted by Crippen LogP contribution is 2.40. The van der Waals surface area contributed by atoms with Crippen LogP contribution in [0.4, 0.5) is 24.5 Å². The van der Waals surface area contributed by atoms with Crippen molar-refractivity contribution in [2.45, 2.75) is 20.0 Å². The number of alkyl halides is 3. The van der Waals surface area contributed by atoms with Crippen molar-refractivity contribution in [2.24, 2.45) is 5.92 Å². The topological polar surface area (TPSA) is 84.3 Å². The molecule has 0 aliphatic rings. The minimum atomic E-state index is -4.79. The Morgan fingerprint density at radius 1 is 1.35 bits per heavy atom. The number of halogens is 4. The molecule has 0 radical (unpaired) electrons. The minimum absolute atomic E-state index is 0.0982. The number of carbonyl (C=O) groups is 1. The number of carbonyl (C=O) groups excluding carboxylic acids is 1. The molecule has 1 amide bonds. The van der Waals surface area contributed by atoms with Crippen molar-refractivity contribution in [1.29, 1.82) is 0 Å². The molecule has 6 nitrogen and oxygen atoms in total. The summed E-state index contributed by atoms with van der Waals surface area (Å²) in [4.78, 5) is 21.3. The SMILES string of the molecule is CC(C)C(=O)NCCNc1cc(Cl)c(C(F)(F)F)cc1[N+](=O)[O-]. The zero-order valence-electron chi connectivity index (χ0n) is 12.3. The minimum Gasteiger partial charge on any atom is -0.378 e. The maximum Gasteiger partial charge on any atom is 0.418 e. The number of nitrogens with one attached hydrogen (secondary N) is 2. The molecule has 0 saturated carbocycles. The third-order valence-electron chi connectivity index (χ3n) is 2.85. The molecule has 0 aromatic heterocycles. The highest BCUT2D eigenvalue weighted by Gasteiger charge is 2.36. The summed E-state index contributed by atoms with van der Waals surface area (Å²) in [6.07, 6.45) is -4.79. The van der Waals surface area contributed by atoms with Crippen LogP contribution in [0.15, 0.2) is 12.1 Å². The monoisotopic (exact) mass is 353 g/mol. The summed E-state index contributed by atoms with van der Waals surface area (Å²) in [5.74, 6) is -0.420. The first-order valence-electron chi connectivity index (χ1n) is 6.60. The summed E-state index contributed by atoms with van der Waals surface area (Å²) in [6.45, 7) is 3.65. The van der Waals surface area contributed by atoms with E-state index in [0.29, 0.717) is 6.07 Å². The molecule has 0 saturated heterocycles. The Hall–Kier alpha value is -2.03. The number of hydrogen-bond acceptors (Lipinski definition) is 4. The number of rotatable bonds is 6. The van der Waals surface area contributed by atoms with E-state index in [2.05, 4.69) is 10.6 Å². The van der Waals surface area contributed by atoms with Gasteiger partial charge < -0.3 is 10.6 Å². The van der Waals surface area contributed by atoms with E-state index in [1.54, 1.807) is 13.8 Å². The van der Waals surface area contributed by atoms with Gasteiger partial charge in [-0.2, -0.15) is 13.2 Å². The molecule has 0 spiro atoms. The van der Waals surface area contributed by atoms with Crippen molar-refractivity contribution in [3.63, 3.8) is 0 Å². The van der Waals surface area contributed by atoms with E-state index < -0.39 is 27.4 Å². The van der Waals surface area contributed by atoms with Crippen molar-refractivity contribution in [1.82, 2.24) is 5.32 Å². The van der Waals surface area contributed by atoms with E-state index in [9.17, 15) is 28.1 Å². The highest BCUT2D eigenvalue weighted by atomic mass is 35.5. The van der Waals surface area contributed by atoms with Gasteiger partial charge in [0.15, 0.2) is 0 Å². The molecular weight excluding hydrogens is 339 g/mol. The van der Waals surface area contributed by atoms with Crippen molar-refractivity contribution in [3.8, 4) is 0 Å². The average molecular weight is 354 g/mol. The number of nitro groups is 1. The van der Waals surface area contributed by atoms with Crippen molar-refractivity contribution >= 4 is 28.9 Å². The molecule has 0 fully saturated rings. The van der Waals surface area contributed by atoms with E-state index in [4.69, 9.17) is 11.6 Å². The fraction of sp³-hybridized carbons (Fsp3) is 0.462. The lowest BCUT2D eigenvalue weighted by molar-refractivity contribution is -0.384. The molecule has 23 heavy (non-hydrogen) atoms. The van der Waals surface area contributed by atoms with Crippen LogP contribution < -0.4 is 10.6 Å². The van der Waals surface area contributed by atoms with Gasteiger partial charge in [-0.1, -0.05) is 25.4 Å². The standard InChI is InChI=1S/C13H15ClF3N3O3/c1-7(2)12(21)19-4-3-18-10-6-9(14)8(13(15,16)17)5-11(10)20(22)23/h5-7,18H,3-4H2,1-2H3,(H,19,21). The summed E-state index contributed by atoms with van der Waals surface area (Å²) in [5.41, 5.74) is -2.16. The van der Waals surface area contributed by atoms with Crippen LogP contribution in [0.25, 0.3) is 0 Å². The second kappa shape index (κ2) is 7.49. The molecule has 1 aromatic rings. The Balaban J connectivity index is 2.88. The molecule has 128 valence electrons. The third kappa shape index (κ3) is 5.27. The van der Waals surface area contributed by atoms with Gasteiger partial charge in [0.2, 0.25) is 5.91 Å². The largest absolute Gasteiger partial charge is 0.418 e. The van der Waals surface area contributed by atoms with Gasteiger partial charge in [-0.25, -0.2) is 0 Å². The number of nitro benzene ring substituents is 1. The summed E-state index contributed by atoms with van der Waals surface area (Å²) in [5, 5.41) is 15.5. The number of nitrogens with zero attached hydrogens (tertiary/aromatic N) is 1. The zero-order valence-corrected chi connectivity index (χ0v) is 13.1. The first-order chi connectivity index (χ1) is 10.5. The summed E-state index contributed by atoms with van der Waals surface area (Å²) < 4.78 is 38.2. The summed E-state index contributed by atoms with van der Waals surface area (Å²) in [6, 6.07) is 1.24. The first-order valence-corrected chi connectivity index (χ1v) is 6.98. The third-order valence-corrected chi connectivity index (χ3v) is 3.16. The molecule has 0 heterocycles. The Morgan fingerprint density at radius 3 is 2.43 bits per heavy atom. The van der Waals surface area contributed by atoms with Gasteiger partial charge in [0, 0.05) is 25.1 Å². The maximum absolute atomic E-state index is 12.7. The highest BCUT2D eigenvalue weighted by molar-refractivity contribution is 6.31. The molecule has 0 aliphatic carbocycles. The van der Waals surface area contributed by atoms with Crippen LogP contribution in [0, 0.1) is 16.0 Å². The van der Waals surface area contributed by atoms with E-state index >= 15 is 0 Å². The van der Waals surface area contributed by atoms with Crippen LogP contribution in [0.5, 0.6) is 0 Å². The average Bonchev–Trinajstić information content (AvgIpc) is 2.41. The predicted octanol–water partition coefficient (Wildman–Crippen LogP) is 3.45. The van der Waals surface area contributed by atoms with Crippen molar-refractivity contribution in [2.75, 3.05) is 18.4 Å². The van der Waals surface area contributed by atoms with Crippen LogP contribution in [0.2, 0.25) is 5.02 Å². The Kier molecular flexibility index (Phi) is 6.20. The number of benzene rings is 1. The van der Waals surface area contributed by atoms with Crippen LogP contribution in [0.3, 0.4) is 0 Å². The predicted molar refractivity (Wildman–Crippen MR) is 79.4 cm³/mol. The first kappa shape index (κ1) is 19.0. The van der Waals surface area contributed by atoms with Crippen LogP contribution in [0.1, 0.15) is 19.4 Å². The van der Waals surface area contributed by atoms with Gasteiger partial charge >= 0.3 is 6.18 Å². The van der Waals surface area contributed by atoms with Crippen molar-refractivity contribution in [3.05, 3.63) is 32.8 Å². The fourth-order valence-corrected chi connectivity index (χ4v) is 1.93. The van der Waals surface area contributed by atoms with Gasteiger partial charge in [0.1, 0.15) is 5.69 Å². The molecule has 0 unspecified atom stereocenters. The van der Waals surface area contributed by atoms with Gasteiger partial charge in [0.05, 0.1) is 15.5 Å².